The molecule has 7 nitrogen and oxygen atoms in total. The summed E-state index contributed by atoms with van der Waals surface area (Å²) in [6.07, 6.45) is 0. The van der Waals surface area contributed by atoms with Crippen LogP contribution in [-0.4, -0.2) is 27.5 Å². The third-order valence-corrected chi connectivity index (χ3v) is 2.21. The third-order valence-electron chi connectivity index (χ3n) is 2.01. The van der Waals surface area contributed by atoms with E-state index in [-0.39, 0.29) is 11.2 Å². The summed E-state index contributed by atoms with van der Waals surface area (Å²) in [5, 5.41) is 20.8. The van der Waals surface area contributed by atoms with Crippen LogP contribution in [0.5, 0.6) is 0 Å². The second kappa shape index (κ2) is 4.35. The van der Waals surface area contributed by atoms with E-state index >= 15 is 0 Å². The molecule has 0 spiro atoms. The van der Waals surface area contributed by atoms with Crippen molar-refractivity contribution in [1.29, 1.82) is 0 Å². The number of anilines is 1. The average molecular weight is 239 g/mol. The minimum Gasteiger partial charge on any atom is -0.382 e. The molecule has 0 saturated heterocycles. The summed E-state index contributed by atoms with van der Waals surface area (Å²) in [6, 6.07) is 2.92. The van der Waals surface area contributed by atoms with Crippen LogP contribution in [0.4, 0.5) is 11.4 Å². The number of nitro groups is 1. The Hall–Kier alpha value is -1.83. The van der Waals surface area contributed by atoms with E-state index in [1.54, 1.807) is 6.07 Å². The molecule has 0 fully saturated rings. The van der Waals surface area contributed by atoms with Gasteiger partial charge in [-0.3, -0.25) is 10.1 Å². The zero-order valence-corrected chi connectivity index (χ0v) is 8.86. The summed E-state index contributed by atoms with van der Waals surface area (Å²) in [4.78, 5) is 10.2. The predicted molar refractivity (Wildman–Crippen MR) is 59.4 cm³/mol. The Balaban J connectivity index is 2.50. The van der Waals surface area contributed by atoms with Crippen LogP contribution in [0.3, 0.4) is 0 Å². The largest absolute Gasteiger partial charge is 0.382 e. The first-order valence-electron chi connectivity index (χ1n) is 4.45. The number of nitrogens with zero attached hydrogens (tertiary/aromatic N) is 3. The van der Waals surface area contributed by atoms with Gasteiger partial charge in [0, 0.05) is 18.4 Å². The highest BCUT2D eigenvalue weighted by Crippen LogP contribution is 2.28. The van der Waals surface area contributed by atoms with Crippen molar-refractivity contribution in [3.63, 3.8) is 0 Å². The molecule has 83 valence electrons. The summed E-state index contributed by atoms with van der Waals surface area (Å²) < 4.78 is 4.51. The van der Waals surface area contributed by atoms with Crippen LogP contribution in [0.2, 0.25) is 0 Å². The zero-order chi connectivity index (χ0) is 11.5. The average Bonchev–Trinajstić information content (AvgIpc) is 2.74. The molecule has 0 aliphatic carbocycles. The molecule has 0 amide bonds. The van der Waals surface area contributed by atoms with E-state index in [1.807, 2.05) is 0 Å². The van der Waals surface area contributed by atoms with Crippen molar-refractivity contribution in [2.75, 3.05) is 17.6 Å². The molecule has 0 aliphatic rings. The second-order valence-corrected chi connectivity index (χ2v) is 3.39. The maximum Gasteiger partial charge on any atom is 0.300 e. The van der Waals surface area contributed by atoms with Crippen molar-refractivity contribution >= 4 is 35.0 Å². The van der Waals surface area contributed by atoms with Crippen molar-refractivity contribution in [1.82, 2.24) is 10.3 Å². The van der Waals surface area contributed by atoms with Gasteiger partial charge in [-0.05, 0) is 16.4 Å². The fourth-order valence-electron chi connectivity index (χ4n) is 1.33. The van der Waals surface area contributed by atoms with E-state index in [1.165, 1.54) is 6.07 Å². The fraction of sp³-hybridized carbons (Fsp3) is 0.250. The van der Waals surface area contributed by atoms with Gasteiger partial charge in [0.15, 0.2) is 5.52 Å². The zero-order valence-electron chi connectivity index (χ0n) is 8.04. The predicted octanol–water partition coefficient (Wildman–Crippen LogP) is 1.74. The van der Waals surface area contributed by atoms with Gasteiger partial charge in [0.1, 0.15) is 0 Å². The number of fused-ring (bicyclic) bond motifs is 1. The van der Waals surface area contributed by atoms with Crippen LogP contribution in [-0.2, 0) is 0 Å². The van der Waals surface area contributed by atoms with Gasteiger partial charge in [0.2, 0.25) is 5.52 Å². The number of nitro benzene ring substituents is 1. The summed E-state index contributed by atoms with van der Waals surface area (Å²) >= 11 is 4.79. The number of rotatable bonds is 4. The van der Waals surface area contributed by atoms with Crippen molar-refractivity contribution in [2.24, 2.45) is 0 Å². The minimum absolute atomic E-state index is 0.125. The summed E-state index contributed by atoms with van der Waals surface area (Å²) in [5.74, 6) is 0.532. The number of benzene rings is 1. The SMILES string of the molecule is O=[N+]([O-])c1ccc(NCC[S])c2nonc12. The first kappa shape index (κ1) is 10.7. The van der Waals surface area contributed by atoms with Gasteiger partial charge in [-0.1, -0.05) is 12.6 Å². The Kier molecular flexibility index (Phi) is 2.91. The molecule has 1 radical (unpaired) electrons. The topological polar surface area (TPSA) is 94.1 Å². The van der Waals surface area contributed by atoms with Gasteiger partial charge in [-0.25, -0.2) is 4.63 Å². The van der Waals surface area contributed by atoms with Gasteiger partial charge in [0.05, 0.1) is 10.6 Å². The molecule has 0 bridgehead atoms. The molecule has 2 aromatic rings. The Morgan fingerprint density at radius 2 is 2.19 bits per heavy atom. The Morgan fingerprint density at radius 1 is 1.44 bits per heavy atom. The van der Waals surface area contributed by atoms with E-state index in [4.69, 9.17) is 12.6 Å². The number of nitrogens with one attached hydrogen (secondary N) is 1. The van der Waals surface area contributed by atoms with Gasteiger partial charge in [0.25, 0.3) is 0 Å². The lowest BCUT2D eigenvalue weighted by Gasteiger charge is -2.03. The smallest absolute Gasteiger partial charge is 0.300 e. The van der Waals surface area contributed by atoms with Crippen LogP contribution < -0.4 is 5.32 Å². The normalized spacial score (nSPS) is 10.6. The summed E-state index contributed by atoms with van der Waals surface area (Å²) in [5.41, 5.74) is 0.990. The number of hydrogen-bond acceptors (Lipinski definition) is 6. The van der Waals surface area contributed by atoms with Crippen molar-refractivity contribution < 1.29 is 9.55 Å². The van der Waals surface area contributed by atoms with Crippen molar-refractivity contribution in [2.45, 2.75) is 0 Å². The number of hydrogen-bond donors (Lipinski definition) is 1. The van der Waals surface area contributed by atoms with Crippen molar-refractivity contribution in [3.05, 3.63) is 22.2 Å². The van der Waals surface area contributed by atoms with E-state index in [0.717, 1.165) is 0 Å². The molecule has 1 heterocycles. The Labute approximate surface area is 95.3 Å². The molecule has 16 heavy (non-hydrogen) atoms. The lowest BCUT2D eigenvalue weighted by molar-refractivity contribution is -0.383. The van der Waals surface area contributed by atoms with E-state index in [0.29, 0.717) is 23.5 Å². The molecule has 1 N–H and O–H groups in total. The van der Waals surface area contributed by atoms with Gasteiger partial charge in [-0.15, -0.1) is 0 Å². The standard InChI is InChI=1S/C8H7N4O3S/c13-12(14)6-2-1-5(9-3-4-16)7-8(6)11-15-10-7/h1-2,9H,3-4H2. The van der Waals surface area contributed by atoms with Crippen LogP contribution in [0.25, 0.3) is 11.0 Å². The van der Waals surface area contributed by atoms with Gasteiger partial charge < -0.3 is 5.32 Å². The first-order valence-corrected chi connectivity index (χ1v) is 5.03. The monoisotopic (exact) mass is 239 g/mol. The van der Waals surface area contributed by atoms with Crippen LogP contribution in [0.1, 0.15) is 0 Å². The number of non-ortho nitro benzene ring substituents is 1. The molecule has 8 heteroatoms. The highest BCUT2D eigenvalue weighted by molar-refractivity contribution is 7.80. The molecule has 2 rings (SSSR count). The highest BCUT2D eigenvalue weighted by Gasteiger charge is 2.19. The van der Waals surface area contributed by atoms with Crippen LogP contribution in [0, 0.1) is 10.1 Å². The summed E-state index contributed by atoms with van der Waals surface area (Å²) in [6.45, 7) is 0.578. The maximum atomic E-state index is 10.7. The highest BCUT2D eigenvalue weighted by atomic mass is 32.1. The first-order chi connectivity index (χ1) is 7.74. The molecule has 0 atom stereocenters. The molecule has 1 aromatic carbocycles. The van der Waals surface area contributed by atoms with Crippen LogP contribution in [0.15, 0.2) is 16.8 Å². The fourth-order valence-corrected chi connectivity index (χ4v) is 1.43. The molecular weight excluding hydrogens is 232 g/mol. The van der Waals surface area contributed by atoms with E-state index < -0.39 is 4.92 Å². The van der Waals surface area contributed by atoms with E-state index in [2.05, 4.69) is 20.3 Å². The lowest BCUT2D eigenvalue weighted by atomic mass is 10.2. The van der Waals surface area contributed by atoms with Crippen molar-refractivity contribution in [3.8, 4) is 0 Å². The molecule has 0 unspecified atom stereocenters. The molecule has 1 aromatic heterocycles. The lowest BCUT2D eigenvalue weighted by Crippen LogP contribution is -2.03. The summed E-state index contributed by atoms with van der Waals surface area (Å²) in [7, 11) is 0. The van der Waals surface area contributed by atoms with Gasteiger partial charge in [-0.2, -0.15) is 0 Å². The third kappa shape index (κ3) is 1.78. The molecule has 0 saturated carbocycles. The van der Waals surface area contributed by atoms with Gasteiger partial charge >= 0.3 is 5.69 Å². The van der Waals surface area contributed by atoms with Crippen LogP contribution >= 0.6 is 12.6 Å². The molecule has 0 aliphatic heterocycles. The minimum atomic E-state index is -0.524. The maximum absolute atomic E-state index is 10.7. The molecular formula is C8H7N4O3S. The Morgan fingerprint density at radius 3 is 2.88 bits per heavy atom. The number of aromatic nitrogens is 2. The Bertz CT molecular complexity index is 527. The van der Waals surface area contributed by atoms with E-state index in [9.17, 15) is 10.1 Å². The quantitative estimate of drug-likeness (QED) is 0.645. The second-order valence-electron chi connectivity index (χ2n) is 2.98.